The number of rotatable bonds is 3. The molecule has 7 nitrogen and oxygen atoms in total. The number of halogens is 4. The maximum atomic E-state index is 15.0. The second kappa shape index (κ2) is 8.63. The zero-order valence-corrected chi connectivity index (χ0v) is 18.8. The Morgan fingerprint density at radius 3 is 2.63 bits per heavy atom. The number of nitrogens with zero attached hydrogens (tertiary/aromatic N) is 6. The van der Waals surface area contributed by atoms with Gasteiger partial charge in [-0.25, -0.2) is 24.3 Å². The smallest absolute Gasteiger partial charge is 0.373 e. The van der Waals surface area contributed by atoms with E-state index in [4.69, 9.17) is 8.85 Å². The van der Waals surface area contributed by atoms with Crippen molar-refractivity contribution in [1.82, 2.24) is 29.7 Å². The topological polar surface area (TPSA) is 78.6 Å². The van der Waals surface area contributed by atoms with Gasteiger partial charge in [-0.3, -0.25) is 4.68 Å². The highest BCUT2D eigenvalue weighted by atomic mass is 19.4. The van der Waals surface area contributed by atoms with E-state index in [9.17, 15) is 13.2 Å². The normalized spacial score (nSPS) is 20.5. The van der Waals surface area contributed by atoms with Crippen LogP contribution in [0.2, 0.25) is 0 Å². The molecule has 0 bridgehead atoms. The summed E-state index contributed by atoms with van der Waals surface area (Å²) in [5.41, 5.74) is 0.899. The van der Waals surface area contributed by atoms with Crippen molar-refractivity contribution in [2.24, 2.45) is 6.98 Å². The second-order valence-corrected chi connectivity index (χ2v) is 8.49. The fourth-order valence-corrected chi connectivity index (χ4v) is 4.15. The van der Waals surface area contributed by atoms with Crippen LogP contribution in [-0.2, 0) is 17.9 Å². The highest BCUT2D eigenvalue weighted by Crippen LogP contribution is 2.38. The molecule has 11 heteroatoms. The zero-order valence-electron chi connectivity index (χ0n) is 21.8. The van der Waals surface area contributed by atoms with E-state index in [1.54, 1.807) is 13.8 Å². The molecule has 4 heterocycles. The van der Waals surface area contributed by atoms with E-state index >= 15 is 4.39 Å². The Morgan fingerprint density at radius 1 is 1.11 bits per heavy atom. The predicted octanol–water partition coefficient (Wildman–Crippen LogP) is 5.23. The quantitative estimate of drug-likeness (QED) is 0.367. The molecule has 0 amide bonds. The van der Waals surface area contributed by atoms with E-state index in [1.165, 1.54) is 12.4 Å². The van der Waals surface area contributed by atoms with Crippen molar-refractivity contribution in [2.75, 3.05) is 6.61 Å². The van der Waals surface area contributed by atoms with E-state index in [0.29, 0.717) is 48.3 Å². The molecule has 0 saturated carbocycles. The molecule has 5 rings (SSSR count). The van der Waals surface area contributed by atoms with Crippen molar-refractivity contribution in [3.05, 3.63) is 64.7 Å². The summed E-state index contributed by atoms with van der Waals surface area (Å²) in [6.45, 7) is 1.35. The Morgan fingerprint density at radius 2 is 1.91 bits per heavy atom. The molecule has 182 valence electrons. The second-order valence-electron chi connectivity index (χ2n) is 8.49. The molecule has 0 spiro atoms. The minimum absolute atomic E-state index is 0.0464. The van der Waals surface area contributed by atoms with Gasteiger partial charge < -0.3 is 4.74 Å². The standard InChI is InChI=1S/C24H22F4N6O/c1-12-13(2)31-23-21(30-12)20(17-5-4-16(9-18(17)25)24(26,27)28)32-22(33-23)14-6-7-35-19(8-14)15-10-29-34(3)11-15/h4-5,9-11,14,19H,6-8H2,1-3H3/t14-,19+/m0/s1/i3D3. The van der Waals surface area contributed by atoms with Crippen molar-refractivity contribution in [3.63, 3.8) is 0 Å². The number of ether oxygens (including phenoxy) is 1. The van der Waals surface area contributed by atoms with E-state index in [2.05, 4.69) is 25.0 Å². The summed E-state index contributed by atoms with van der Waals surface area (Å²) < 4.78 is 83.8. The van der Waals surface area contributed by atoms with Crippen LogP contribution in [0.3, 0.4) is 0 Å². The minimum atomic E-state index is -4.70. The van der Waals surface area contributed by atoms with Crippen molar-refractivity contribution >= 4 is 11.2 Å². The zero-order chi connectivity index (χ0) is 27.4. The lowest BCUT2D eigenvalue weighted by Crippen LogP contribution is -2.20. The number of hydrogen-bond donors (Lipinski definition) is 0. The molecule has 3 aromatic heterocycles. The largest absolute Gasteiger partial charge is 0.416 e. The number of benzene rings is 1. The first-order valence-electron chi connectivity index (χ1n) is 12.4. The third-order valence-corrected chi connectivity index (χ3v) is 6.13. The number of aromatic nitrogens is 6. The Labute approximate surface area is 202 Å². The van der Waals surface area contributed by atoms with E-state index < -0.39 is 30.6 Å². The highest BCUT2D eigenvalue weighted by molar-refractivity contribution is 5.87. The third-order valence-electron chi connectivity index (χ3n) is 6.13. The molecule has 1 aliphatic heterocycles. The molecule has 1 saturated heterocycles. The molecule has 0 aliphatic carbocycles. The fourth-order valence-electron chi connectivity index (χ4n) is 4.15. The molecular formula is C24H22F4N6O. The summed E-state index contributed by atoms with van der Waals surface area (Å²) in [6.07, 6.45) is -1.45. The van der Waals surface area contributed by atoms with Crippen LogP contribution in [0.25, 0.3) is 22.4 Å². The Hall–Kier alpha value is -3.47. The van der Waals surface area contributed by atoms with Crippen LogP contribution in [-0.4, -0.2) is 36.3 Å². The predicted molar refractivity (Wildman–Crippen MR) is 119 cm³/mol. The number of aryl methyl sites for hydroxylation is 3. The molecule has 0 unspecified atom stereocenters. The highest BCUT2D eigenvalue weighted by Gasteiger charge is 2.32. The fraction of sp³-hybridized carbons (Fsp3) is 0.375. The van der Waals surface area contributed by atoms with Gasteiger partial charge in [0.1, 0.15) is 22.9 Å². The first kappa shape index (κ1) is 19.8. The molecule has 0 radical (unpaired) electrons. The van der Waals surface area contributed by atoms with E-state index in [-0.39, 0.29) is 28.3 Å². The Kier molecular flexibility index (Phi) is 4.88. The lowest BCUT2D eigenvalue weighted by atomic mass is 9.92. The van der Waals surface area contributed by atoms with Gasteiger partial charge in [0.05, 0.1) is 29.3 Å². The number of alkyl halides is 3. The van der Waals surface area contributed by atoms with Gasteiger partial charge in [-0.2, -0.15) is 18.3 Å². The van der Waals surface area contributed by atoms with Crippen LogP contribution >= 0.6 is 0 Å². The molecule has 2 atom stereocenters. The lowest BCUT2D eigenvalue weighted by Gasteiger charge is -2.28. The van der Waals surface area contributed by atoms with Crippen molar-refractivity contribution in [1.29, 1.82) is 0 Å². The SMILES string of the molecule is [2H]C([2H])([2H])n1cc([C@H]2C[C@@H](c3nc(-c4ccc(C(F)(F)F)cc4F)c4nc(C)c(C)nc4n3)CCO2)cn1. The van der Waals surface area contributed by atoms with E-state index in [1.807, 2.05) is 0 Å². The minimum Gasteiger partial charge on any atom is -0.373 e. The van der Waals surface area contributed by atoms with Gasteiger partial charge in [-0.1, -0.05) is 0 Å². The summed E-state index contributed by atoms with van der Waals surface area (Å²) in [5.74, 6) is -1.05. The molecule has 0 N–H and O–H groups in total. The van der Waals surface area contributed by atoms with Crippen LogP contribution in [0.15, 0.2) is 30.6 Å². The van der Waals surface area contributed by atoms with Crippen molar-refractivity contribution < 1.29 is 26.4 Å². The first-order valence-corrected chi connectivity index (χ1v) is 10.9. The van der Waals surface area contributed by atoms with Crippen LogP contribution < -0.4 is 0 Å². The number of fused-ring (bicyclic) bond motifs is 1. The third kappa shape index (κ3) is 4.47. The molecule has 1 aliphatic rings. The van der Waals surface area contributed by atoms with Gasteiger partial charge >= 0.3 is 6.18 Å². The van der Waals surface area contributed by atoms with Gasteiger partial charge in [-0.15, -0.1) is 0 Å². The molecule has 35 heavy (non-hydrogen) atoms. The summed E-state index contributed by atoms with van der Waals surface area (Å²) >= 11 is 0. The van der Waals surface area contributed by atoms with E-state index in [0.717, 1.165) is 16.8 Å². The van der Waals surface area contributed by atoms with Gasteiger partial charge in [0.15, 0.2) is 5.65 Å². The first-order chi connectivity index (χ1) is 17.8. The van der Waals surface area contributed by atoms with Crippen LogP contribution in [0.1, 0.15) is 57.3 Å². The maximum absolute atomic E-state index is 15.0. The number of hydrogen-bond acceptors (Lipinski definition) is 6. The average Bonchev–Trinajstić information content (AvgIpc) is 3.35. The van der Waals surface area contributed by atoms with Crippen LogP contribution in [0.4, 0.5) is 17.6 Å². The van der Waals surface area contributed by atoms with Gasteiger partial charge in [0.2, 0.25) is 0 Å². The Bertz CT molecular complexity index is 1520. The van der Waals surface area contributed by atoms with Crippen molar-refractivity contribution in [3.8, 4) is 11.3 Å². The molecule has 4 aromatic rings. The average molecular weight is 489 g/mol. The monoisotopic (exact) mass is 489 g/mol. The molecule has 1 aromatic carbocycles. The maximum Gasteiger partial charge on any atom is 0.416 e. The van der Waals surface area contributed by atoms with Crippen LogP contribution in [0, 0.1) is 19.7 Å². The van der Waals surface area contributed by atoms with Gasteiger partial charge in [0.25, 0.3) is 0 Å². The molecule has 1 fully saturated rings. The van der Waals surface area contributed by atoms with Gasteiger partial charge in [0, 0.05) is 40.9 Å². The summed E-state index contributed by atoms with van der Waals surface area (Å²) in [7, 11) is 0. The molecular weight excluding hydrogens is 464 g/mol. The summed E-state index contributed by atoms with van der Waals surface area (Å²) in [5, 5.41) is 3.91. The summed E-state index contributed by atoms with van der Waals surface area (Å²) in [4.78, 5) is 18.1. The summed E-state index contributed by atoms with van der Waals surface area (Å²) in [6, 6.07) is 2.27. The van der Waals surface area contributed by atoms with Crippen molar-refractivity contribution in [2.45, 2.75) is 44.9 Å². The van der Waals surface area contributed by atoms with Crippen LogP contribution in [0.5, 0.6) is 0 Å². The van der Waals surface area contributed by atoms with Gasteiger partial charge in [-0.05, 0) is 44.9 Å². The Balaban J connectivity index is 1.57. The lowest BCUT2D eigenvalue weighted by molar-refractivity contribution is -0.137.